The highest BCUT2D eigenvalue weighted by Gasteiger charge is 2.14. The van der Waals surface area contributed by atoms with Crippen molar-refractivity contribution in [3.8, 4) is 0 Å². The van der Waals surface area contributed by atoms with Gasteiger partial charge in [-0.25, -0.2) is 4.79 Å². The maximum Gasteiger partial charge on any atom is 0.339 e. The lowest BCUT2D eigenvalue weighted by atomic mass is 10.2. The Hall–Kier alpha value is -1.89. The molecule has 0 aromatic carbocycles. The van der Waals surface area contributed by atoms with Crippen molar-refractivity contribution in [3.05, 3.63) is 17.5 Å². The van der Waals surface area contributed by atoms with Gasteiger partial charge < -0.3 is 15.2 Å². The molecule has 1 heterocycles. The first-order valence-corrected chi connectivity index (χ1v) is 5.08. The van der Waals surface area contributed by atoms with E-state index in [0.29, 0.717) is 18.8 Å². The van der Waals surface area contributed by atoms with Gasteiger partial charge in [-0.3, -0.25) is 9.48 Å². The van der Waals surface area contributed by atoms with Gasteiger partial charge in [0.2, 0.25) is 0 Å². The number of nitrogens with zero attached hydrogens (tertiary/aromatic N) is 2. The van der Waals surface area contributed by atoms with Crippen molar-refractivity contribution >= 4 is 11.9 Å². The molecule has 17 heavy (non-hydrogen) atoms. The minimum absolute atomic E-state index is 0.165. The number of methoxy groups -OCH3 is 1. The summed E-state index contributed by atoms with van der Waals surface area (Å²) in [5.74, 6) is -1.32. The zero-order chi connectivity index (χ0) is 12.8. The van der Waals surface area contributed by atoms with Gasteiger partial charge in [0.05, 0.1) is 25.4 Å². The Bertz CT molecular complexity index is 414. The van der Waals surface area contributed by atoms with Crippen LogP contribution in [0.4, 0.5) is 0 Å². The highest BCUT2D eigenvalue weighted by molar-refractivity contribution is 5.88. The maximum absolute atomic E-state index is 10.9. The number of hydrogen-bond donors (Lipinski definition) is 2. The fourth-order valence-electron chi connectivity index (χ4n) is 1.35. The smallest absolute Gasteiger partial charge is 0.339 e. The van der Waals surface area contributed by atoms with Crippen molar-refractivity contribution in [2.45, 2.75) is 13.0 Å². The van der Waals surface area contributed by atoms with Crippen molar-refractivity contribution in [1.29, 1.82) is 0 Å². The maximum atomic E-state index is 10.9. The highest BCUT2D eigenvalue weighted by Crippen LogP contribution is 2.06. The number of carbonyl (C=O) groups excluding carboxylic acids is 1. The first-order chi connectivity index (χ1) is 8.06. The number of aryl methyl sites for hydroxylation is 1. The van der Waals surface area contributed by atoms with E-state index in [1.54, 1.807) is 7.05 Å². The number of hydrogen-bond acceptors (Lipinski definition) is 5. The Balaban J connectivity index is 2.49. The van der Waals surface area contributed by atoms with E-state index in [4.69, 9.17) is 5.11 Å². The van der Waals surface area contributed by atoms with Crippen LogP contribution in [0.1, 0.15) is 22.5 Å². The number of aromatic carboxylic acids is 1. The summed E-state index contributed by atoms with van der Waals surface area (Å²) in [6, 6.07) is 0. The zero-order valence-electron chi connectivity index (χ0n) is 9.77. The minimum Gasteiger partial charge on any atom is -0.478 e. The van der Waals surface area contributed by atoms with Crippen LogP contribution in [0.2, 0.25) is 0 Å². The molecule has 0 saturated heterocycles. The van der Waals surface area contributed by atoms with Crippen LogP contribution in [-0.4, -0.2) is 40.5 Å². The largest absolute Gasteiger partial charge is 0.478 e. The van der Waals surface area contributed by atoms with E-state index in [9.17, 15) is 9.59 Å². The second-order valence-electron chi connectivity index (χ2n) is 3.44. The molecule has 0 aliphatic heterocycles. The van der Waals surface area contributed by atoms with Crippen LogP contribution >= 0.6 is 0 Å². The average molecular weight is 241 g/mol. The van der Waals surface area contributed by atoms with Gasteiger partial charge in [0, 0.05) is 20.1 Å². The van der Waals surface area contributed by atoms with E-state index < -0.39 is 5.97 Å². The van der Waals surface area contributed by atoms with Crippen molar-refractivity contribution in [3.63, 3.8) is 0 Å². The minimum atomic E-state index is -1.01. The number of nitrogens with one attached hydrogen (secondary N) is 1. The third-order valence-electron chi connectivity index (χ3n) is 2.32. The molecule has 0 amide bonds. The molecule has 7 heteroatoms. The quantitative estimate of drug-likeness (QED) is 0.528. The lowest BCUT2D eigenvalue weighted by Gasteiger charge is -2.05. The van der Waals surface area contributed by atoms with Gasteiger partial charge >= 0.3 is 11.9 Å². The van der Waals surface area contributed by atoms with Gasteiger partial charge in [0.25, 0.3) is 0 Å². The lowest BCUT2D eigenvalue weighted by Crippen LogP contribution is -2.21. The lowest BCUT2D eigenvalue weighted by molar-refractivity contribution is -0.140. The fourth-order valence-corrected chi connectivity index (χ4v) is 1.35. The van der Waals surface area contributed by atoms with Crippen molar-refractivity contribution in [2.24, 2.45) is 7.05 Å². The van der Waals surface area contributed by atoms with Crippen molar-refractivity contribution < 1.29 is 19.4 Å². The summed E-state index contributed by atoms with van der Waals surface area (Å²) in [6.45, 7) is 0.770. The van der Waals surface area contributed by atoms with Crippen LogP contribution in [0.5, 0.6) is 0 Å². The molecule has 94 valence electrons. The van der Waals surface area contributed by atoms with E-state index >= 15 is 0 Å². The summed E-state index contributed by atoms with van der Waals surface area (Å²) in [5.41, 5.74) is 0.737. The first kappa shape index (κ1) is 13.2. The topological polar surface area (TPSA) is 93.4 Å². The van der Waals surface area contributed by atoms with Gasteiger partial charge in [0.15, 0.2) is 0 Å². The molecule has 0 unspecified atom stereocenters. The Kier molecular flexibility index (Phi) is 4.65. The molecule has 0 spiro atoms. The summed E-state index contributed by atoms with van der Waals surface area (Å²) in [6.07, 6.45) is 1.55. The number of ether oxygens (including phenoxy) is 1. The molecule has 0 atom stereocenters. The van der Waals surface area contributed by atoms with Gasteiger partial charge in [-0.2, -0.15) is 5.10 Å². The van der Waals surface area contributed by atoms with Crippen LogP contribution in [0.15, 0.2) is 6.20 Å². The number of carboxylic acid groups (broad SMARTS) is 1. The molecular formula is C10H15N3O4. The molecule has 0 aliphatic rings. The van der Waals surface area contributed by atoms with Crippen LogP contribution in [0, 0.1) is 0 Å². The third kappa shape index (κ3) is 3.56. The van der Waals surface area contributed by atoms with Crippen LogP contribution in [-0.2, 0) is 23.1 Å². The summed E-state index contributed by atoms with van der Waals surface area (Å²) >= 11 is 0. The van der Waals surface area contributed by atoms with E-state index in [2.05, 4.69) is 15.2 Å². The molecule has 7 nitrogen and oxygen atoms in total. The Morgan fingerprint density at radius 3 is 2.88 bits per heavy atom. The normalized spacial score (nSPS) is 10.2. The molecule has 1 aromatic heterocycles. The Labute approximate surface area is 98.4 Å². The average Bonchev–Trinajstić information content (AvgIpc) is 2.66. The molecule has 0 aliphatic carbocycles. The molecule has 1 rings (SSSR count). The number of carboxylic acids is 1. The number of rotatable bonds is 6. The van der Waals surface area contributed by atoms with Crippen LogP contribution < -0.4 is 5.32 Å². The van der Waals surface area contributed by atoms with Crippen LogP contribution in [0.3, 0.4) is 0 Å². The van der Waals surface area contributed by atoms with Gasteiger partial charge in [-0.1, -0.05) is 0 Å². The van der Waals surface area contributed by atoms with E-state index in [-0.39, 0.29) is 18.0 Å². The third-order valence-corrected chi connectivity index (χ3v) is 2.32. The van der Waals surface area contributed by atoms with Gasteiger partial charge in [-0.15, -0.1) is 0 Å². The highest BCUT2D eigenvalue weighted by atomic mass is 16.5. The second-order valence-corrected chi connectivity index (χ2v) is 3.44. The molecule has 0 fully saturated rings. The molecular weight excluding hydrogens is 226 g/mol. The first-order valence-electron chi connectivity index (χ1n) is 5.08. The predicted molar refractivity (Wildman–Crippen MR) is 58.5 cm³/mol. The van der Waals surface area contributed by atoms with E-state index in [1.165, 1.54) is 18.0 Å². The fraction of sp³-hybridized carbons (Fsp3) is 0.500. The number of aromatic nitrogens is 2. The van der Waals surface area contributed by atoms with Crippen LogP contribution in [0.25, 0.3) is 0 Å². The zero-order valence-corrected chi connectivity index (χ0v) is 9.77. The molecule has 0 radical (unpaired) electrons. The monoisotopic (exact) mass is 241 g/mol. The molecule has 0 bridgehead atoms. The van der Waals surface area contributed by atoms with E-state index in [1.807, 2.05) is 0 Å². The van der Waals surface area contributed by atoms with Gasteiger partial charge in [0.1, 0.15) is 5.56 Å². The molecule has 0 saturated carbocycles. The van der Waals surface area contributed by atoms with Crippen molar-refractivity contribution in [1.82, 2.24) is 15.1 Å². The van der Waals surface area contributed by atoms with E-state index in [0.717, 1.165) is 0 Å². The predicted octanol–water partition coefficient (Wildman–Crippen LogP) is -0.229. The standard InChI is InChI=1S/C10H15N3O4/c1-13-8(7(5-12-13)10(15)16)6-11-4-3-9(14)17-2/h5,11H,3-4,6H2,1-2H3,(H,15,16). The summed E-state index contributed by atoms with van der Waals surface area (Å²) in [4.78, 5) is 21.7. The second kappa shape index (κ2) is 6.00. The van der Waals surface area contributed by atoms with Gasteiger partial charge in [-0.05, 0) is 0 Å². The number of esters is 1. The Morgan fingerprint density at radius 1 is 1.59 bits per heavy atom. The van der Waals surface area contributed by atoms with Crippen molar-refractivity contribution in [2.75, 3.05) is 13.7 Å². The molecule has 2 N–H and O–H groups in total. The Morgan fingerprint density at radius 2 is 2.29 bits per heavy atom. The molecule has 1 aromatic rings. The summed E-state index contributed by atoms with van der Waals surface area (Å²) < 4.78 is 5.98. The number of carbonyl (C=O) groups is 2. The summed E-state index contributed by atoms with van der Waals surface area (Å²) in [5, 5.41) is 15.7. The summed E-state index contributed by atoms with van der Waals surface area (Å²) in [7, 11) is 3.00. The SMILES string of the molecule is COC(=O)CCNCc1c(C(=O)O)cnn1C.